The second kappa shape index (κ2) is 5.21. The average molecular weight is 237 g/mol. The minimum absolute atomic E-state index is 0.104. The summed E-state index contributed by atoms with van der Waals surface area (Å²) in [6.45, 7) is 0. The molecule has 1 aromatic rings. The number of aromatic nitrogens is 1. The van der Waals surface area contributed by atoms with Crippen molar-refractivity contribution >= 4 is 29.2 Å². The Morgan fingerprint density at radius 1 is 1.44 bits per heavy atom. The highest BCUT2D eigenvalue weighted by Crippen LogP contribution is 2.23. The Morgan fingerprint density at radius 2 is 2.19 bits per heavy atom. The third-order valence-electron chi connectivity index (χ3n) is 2.65. The van der Waals surface area contributed by atoms with Gasteiger partial charge in [-0.2, -0.15) is 11.8 Å². The fraction of sp³-hybridized carbons (Fsp3) is 0.455. The van der Waals surface area contributed by atoms with Gasteiger partial charge in [-0.05, 0) is 36.5 Å². The number of nitrogen functional groups attached to an aromatic ring is 1. The number of nitrogens with zero attached hydrogens (tertiary/aromatic N) is 1. The summed E-state index contributed by atoms with van der Waals surface area (Å²) < 4.78 is 0. The van der Waals surface area contributed by atoms with E-state index in [-0.39, 0.29) is 11.8 Å². The van der Waals surface area contributed by atoms with E-state index in [1.807, 2.05) is 11.8 Å². The summed E-state index contributed by atoms with van der Waals surface area (Å²) in [4.78, 5) is 15.8. The van der Waals surface area contributed by atoms with Gasteiger partial charge in [0.05, 0.1) is 11.9 Å². The minimum Gasteiger partial charge on any atom is -0.384 e. The first-order valence-electron chi connectivity index (χ1n) is 5.36. The summed E-state index contributed by atoms with van der Waals surface area (Å²) in [5, 5.41) is 2.87. The lowest BCUT2D eigenvalue weighted by atomic mass is 10.0. The highest BCUT2D eigenvalue weighted by molar-refractivity contribution is 7.99. The van der Waals surface area contributed by atoms with Gasteiger partial charge >= 0.3 is 0 Å². The monoisotopic (exact) mass is 237 g/mol. The zero-order valence-corrected chi connectivity index (χ0v) is 9.80. The fourth-order valence-corrected chi connectivity index (χ4v) is 2.79. The van der Waals surface area contributed by atoms with Crippen molar-refractivity contribution in [1.82, 2.24) is 4.98 Å². The summed E-state index contributed by atoms with van der Waals surface area (Å²) in [5.41, 5.74) is 6.19. The van der Waals surface area contributed by atoms with Crippen molar-refractivity contribution in [3.05, 3.63) is 18.3 Å². The number of nitrogens with one attached hydrogen (secondary N) is 1. The number of thioether (sulfide) groups is 1. The van der Waals surface area contributed by atoms with Crippen LogP contribution in [-0.2, 0) is 4.79 Å². The number of carbonyl (C=O) groups excluding carboxylic acids is 1. The molecule has 3 N–H and O–H groups in total. The van der Waals surface area contributed by atoms with Crippen LogP contribution in [0.15, 0.2) is 18.3 Å². The van der Waals surface area contributed by atoms with Crippen LogP contribution in [-0.4, -0.2) is 22.4 Å². The molecule has 0 atom stereocenters. The molecule has 0 aliphatic carbocycles. The Labute approximate surface area is 99.0 Å². The van der Waals surface area contributed by atoms with E-state index in [0.29, 0.717) is 5.82 Å². The second-order valence-corrected chi connectivity index (χ2v) is 5.07. The maximum Gasteiger partial charge on any atom is 0.227 e. The van der Waals surface area contributed by atoms with Crippen molar-refractivity contribution in [2.24, 2.45) is 5.92 Å². The normalized spacial score (nSPS) is 17.0. The van der Waals surface area contributed by atoms with Gasteiger partial charge in [-0.15, -0.1) is 0 Å². The minimum atomic E-state index is 0.104. The summed E-state index contributed by atoms with van der Waals surface area (Å²) in [7, 11) is 0. The smallest absolute Gasteiger partial charge is 0.227 e. The molecule has 4 nitrogen and oxygen atoms in total. The number of anilines is 2. The predicted molar refractivity (Wildman–Crippen MR) is 67.3 cm³/mol. The molecule has 0 spiro atoms. The quantitative estimate of drug-likeness (QED) is 0.822. The van der Waals surface area contributed by atoms with Gasteiger partial charge in [0, 0.05) is 5.92 Å². The number of carbonyl (C=O) groups is 1. The molecule has 1 fully saturated rings. The molecule has 86 valence electrons. The first kappa shape index (κ1) is 11.3. The molecule has 1 aliphatic heterocycles. The largest absolute Gasteiger partial charge is 0.384 e. The Morgan fingerprint density at radius 3 is 2.81 bits per heavy atom. The molecule has 5 heteroatoms. The molecule has 2 heterocycles. The molecular weight excluding hydrogens is 222 g/mol. The molecule has 1 amide bonds. The summed E-state index contributed by atoms with van der Waals surface area (Å²) >= 11 is 1.92. The van der Waals surface area contributed by atoms with Gasteiger partial charge in [0.2, 0.25) is 5.91 Å². The van der Waals surface area contributed by atoms with Crippen LogP contribution in [0.25, 0.3) is 0 Å². The fourth-order valence-electron chi connectivity index (χ4n) is 1.68. The van der Waals surface area contributed by atoms with Crippen LogP contribution in [0.3, 0.4) is 0 Å². The lowest BCUT2D eigenvalue weighted by Crippen LogP contribution is -2.26. The van der Waals surface area contributed by atoms with Crippen LogP contribution in [0, 0.1) is 5.92 Å². The molecule has 0 radical (unpaired) electrons. The molecule has 1 saturated heterocycles. The molecule has 16 heavy (non-hydrogen) atoms. The van der Waals surface area contributed by atoms with Gasteiger partial charge < -0.3 is 11.1 Å². The first-order valence-corrected chi connectivity index (χ1v) is 6.51. The number of pyridine rings is 1. The molecule has 0 saturated carbocycles. The standard InChI is InChI=1S/C11H15N3OS/c12-10-2-1-9(7-13-10)14-11(15)8-3-5-16-6-4-8/h1-2,7-8H,3-6H2,(H2,12,13)(H,14,15). The van der Waals surface area contributed by atoms with E-state index in [0.717, 1.165) is 30.0 Å². The van der Waals surface area contributed by atoms with E-state index < -0.39 is 0 Å². The second-order valence-electron chi connectivity index (χ2n) is 3.85. The van der Waals surface area contributed by atoms with E-state index in [1.165, 1.54) is 0 Å². The van der Waals surface area contributed by atoms with Crippen molar-refractivity contribution in [2.45, 2.75) is 12.8 Å². The van der Waals surface area contributed by atoms with Crippen LogP contribution < -0.4 is 11.1 Å². The first-order chi connectivity index (χ1) is 7.75. The molecule has 0 unspecified atom stereocenters. The Bertz CT molecular complexity index is 360. The Hall–Kier alpha value is -1.23. The van der Waals surface area contributed by atoms with Crippen LogP contribution in [0.2, 0.25) is 0 Å². The summed E-state index contributed by atoms with van der Waals surface area (Å²) in [6.07, 6.45) is 3.53. The van der Waals surface area contributed by atoms with E-state index >= 15 is 0 Å². The van der Waals surface area contributed by atoms with Crippen molar-refractivity contribution in [3.8, 4) is 0 Å². The van der Waals surface area contributed by atoms with Crippen LogP contribution >= 0.6 is 11.8 Å². The van der Waals surface area contributed by atoms with Crippen molar-refractivity contribution in [3.63, 3.8) is 0 Å². The summed E-state index contributed by atoms with van der Waals surface area (Å²) in [5.74, 6) is 2.88. The molecular formula is C11H15N3OS. The lowest BCUT2D eigenvalue weighted by Gasteiger charge is -2.20. The van der Waals surface area contributed by atoms with Crippen molar-refractivity contribution in [2.75, 3.05) is 22.6 Å². The lowest BCUT2D eigenvalue weighted by molar-refractivity contribution is -0.120. The molecule has 1 aromatic heterocycles. The molecule has 0 aromatic carbocycles. The van der Waals surface area contributed by atoms with Gasteiger partial charge in [-0.3, -0.25) is 4.79 Å². The third kappa shape index (κ3) is 2.88. The SMILES string of the molecule is Nc1ccc(NC(=O)C2CCSCC2)cn1. The number of rotatable bonds is 2. The van der Waals surface area contributed by atoms with Gasteiger partial charge in [0.25, 0.3) is 0 Å². The zero-order chi connectivity index (χ0) is 11.4. The van der Waals surface area contributed by atoms with Gasteiger partial charge in [-0.1, -0.05) is 0 Å². The van der Waals surface area contributed by atoms with Crippen molar-refractivity contribution in [1.29, 1.82) is 0 Å². The van der Waals surface area contributed by atoms with E-state index in [4.69, 9.17) is 5.73 Å². The van der Waals surface area contributed by atoms with Gasteiger partial charge in [-0.25, -0.2) is 4.98 Å². The van der Waals surface area contributed by atoms with E-state index in [9.17, 15) is 4.79 Å². The van der Waals surface area contributed by atoms with Gasteiger partial charge in [0.1, 0.15) is 5.82 Å². The maximum atomic E-state index is 11.9. The predicted octanol–water partition coefficient (Wildman–Crippen LogP) is 1.75. The maximum absolute atomic E-state index is 11.9. The number of nitrogens with two attached hydrogens (primary N) is 1. The molecule has 1 aliphatic rings. The molecule has 2 rings (SSSR count). The van der Waals surface area contributed by atoms with Crippen LogP contribution in [0.5, 0.6) is 0 Å². The summed E-state index contributed by atoms with van der Waals surface area (Å²) in [6, 6.07) is 3.46. The molecule has 0 bridgehead atoms. The average Bonchev–Trinajstić information content (AvgIpc) is 2.33. The number of hydrogen-bond donors (Lipinski definition) is 2. The Balaban J connectivity index is 1.93. The van der Waals surface area contributed by atoms with Crippen LogP contribution in [0.1, 0.15) is 12.8 Å². The van der Waals surface area contributed by atoms with E-state index in [2.05, 4.69) is 10.3 Å². The highest BCUT2D eigenvalue weighted by atomic mass is 32.2. The highest BCUT2D eigenvalue weighted by Gasteiger charge is 2.21. The Kier molecular flexibility index (Phi) is 3.66. The van der Waals surface area contributed by atoms with Crippen LogP contribution in [0.4, 0.5) is 11.5 Å². The zero-order valence-electron chi connectivity index (χ0n) is 8.98. The van der Waals surface area contributed by atoms with Crippen molar-refractivity contribution < 1.29 is 4.79 Å². The van der Waals surface area contributed by atoms with E-state index in [1.54, 1.807) is 18.3 Å². The number of hydrogen-bond acceptors (Lipinski definition) is 4. The van der Waals surface area contributed by atoms with Gasteiger partial charge in [0.15, 0.2) is 0 Å². The number of amides is 1. The topological polar surface area (TPSA) is 68.0 Å². The third-order valence-corrected chi connectivity index (χ3v) is 3.69.